The van der Waals surface area contributed by atoms with Crippen molar-refractivity contribution in [2.24, 2.45) is 10.8 Å². The average molecular weight is 262 g/mol. The van der Waals surface area contributed by atoms with Crippen LogP contribution in [-0.4, -0.2) is 18.4 Å². The summed E-state index contributed by atoms with van der Waals surface area (Å²) in [4.78, 5) is 0. The molecule has 0 saturated carbocycles. The smallest absolute Gasteiger partial charge is 0.184 e. The van der Waals surface area contributed by atoms with Gasteiger partial charge in [0.15, 0.2) is 5.11 Å². The summed E-state index contributed by atoms with van der Waals surface area (Å²) < 4.78 is 18.3. The Morgan fingerprint density at radius 3 is 2.94 bits per heavy atom. The van der Waals surface area contributed by atoms with Gasteiger partial charge in [-0.15, -0.1) is 0 Å². The largest absolute Gasteiger partial charge is 0.495 e. The first kappa shape index (κ1) is 12.7. The van der Waals surface area contributed by atoms with Crippen molar-refractivity contribution in [3.05, 3.63) is 28.5 Å². The first-order valence-electron chi connectivity index (χ1n) is 4.16. The zero-order valence-electron chi connectivity index (χ0n) is 8.33. The Balaban J connectivity index is 3.02. The Kier molecular flexibility index (Phi) is 4.45. The highest BCUT2D eigenvalue weighted by atomic mass is 35.5. The molecule has 0 saturated heterocycles. The highest BCUT2D eigenvalue weighted by molar-refractivity contribution is 7.80. The number of halogens is 2. The lowest BCUT2D eigenvalue weighted by molar-refractivity contribution is 0.414. The van der Waals surface area contributed by atoms with Crippen LogP contribution in [0, 0.1) is 5.82 Å². The maximum atomic E-state index is 13.4. The average Bonchev–Trinajstić information content (AvgIpc) is 2.23. The molecule has 0 atom stereocenters. The van der Waals surface area contributed by atoms with Crippen LogP contribution in [0.5, 0.6) is 5.75 Å². The third-order valence-electron chi connectivity index (χ3n) is 1.68. The van der Waals surface area contributed by atoms with Gasteiger partial charge >= 0.3 is 0 Å². The monoisotopic (exact) mass is 261 g/mol. The zero-order valence-corrected chi connectivity index (χ0v) is 9.90. The molecule has 3 N–H and O–H groups in total. The van der Waals surface area contributed by atoms with E-state index in [1.54, 1.807) is 0 Å². The van der Waals surface area contributed by atoms with E-state index in [0.29, 0.717) is 5.75 Å². The molecule has 0 spiro atoms. The van der Waals surface area contributed by atoms with Crippen molar-refractivity contribution in [1.82, 2.24) is 5.43 Å². The fraction of sp³-hybridized carbons (Fsp3) is 0.111. The number of nitrogens with one attached hydrogen (secondary N) is 1. The summed E-state index contributed by atoms with van der Waals surface area (Å²) in [7, 11) is 1.44. The maximum absolute atomic E-state index is 13.4. The number of nitrogens with two attached hydrogens (primary N) is 1. The molecule has 0 radical (unpaired) electrons. The van der Waals surface area contributed by atoms with Gasteiger partial charge in [0.1, 0.15) is 11.6 Å². The summed E-state index contributed by atoms with van der Waals surface area (Å²) in [6.07, 6.45) is 1.18. The van der Waals surface area contributed by atoms with Crippen LogP contribution in [0.1, 0.15) is 5.56 Å². The van der Waals surface area contributed by atoms with Gasteiger partial charge in [0, 0.05) is 0 Å². The minimum atomic E-state index is -0.515. The van der Waals surface area contributed by atoms with Crippen molar-refractivity contribution < 1.29 is 9.13 Å². The van der Waals surface area contributed by atoms with Gasteiger partial charge in [-0.25, -0.2) is 4.39 Å². The second kappa shape index (κ2) is 5.62. The van der Waals surface area contributed by atoms with Gasteiger partial charge < -0.3 is 10.5 Å². The normalized spacial score (nSPS) is 10.4. The molecular weight excluding hydrogens is 253 g/mol. The molecule has 0 fully saturated rings. The molecule has 86 valence electrons. The topological polar surface area (TPSA) is 59.6 Å². The summed E-state index contributed by atoms with van der Waals surface area (Å²) in [6.45, 7) is 0. The predicted molar refractivity (Wildman–Crippen MR) is 65.5 cm³/mol. The van der Waals surface area contributed by atoms with Crippen molar-refractivity contribution in [2.45, 2.75) is 0 Å². The Labute approximate surface area is 102 Å². The van der Waals surface area contributed by atoms with E-state index in [-0.39, 0.29) is 15.7 Å². The number of benzene rings is 1. The molecule has 7 heteroatoms. The summed E-state index contributed by atoms with van der Waals surface area (Å²) in [6, 6.07) is 2.66. The Morgan fingerprint density at radius 2 is 2.38 bits per heavy atom. The van der Waals surface area contributed by atoms with Crippen LogP contribution in [0.25, 0.3) is 0 Å². The first-order valence-corrected chi connectivity index (χ1v) is 4.95. The second-order valence-corrected chi connectivity index (χ2v) is 3.53. The van der Waals surface area contributed by atoms with Crippen LogP contribution < -0.4 is 15.9 Å². The van der Waals surface area contributed by atoms with Crippen molar-refractivity contribution in [3.63, 3.8) is 0 Å². The van der Waals surface area contributed by atoms with Gasteiger partial charge in [-0.1, -0.05) is 11.6 Å². The highest BCUT2D eigenvalue weighted by Gasteiger charge is 2.10. The molecule has 0 amide bonds. The minimum absolute atomic E-state index is 0.0179. The lowest BCUT2D eigenvalue weighted by atomic mass is 10.2. The van der Waals surface area contributed by atoms with E-state index in [1.807, 2.05) is 0 Å². The standard InChI is InChI=1S/C9H9ClFN3OS/c1-15-7-3-2-6(11)5(8(7)10)4-13-14-9(12)16/h2-4H,1H3,(H3,12,14,16). The van der Waals surface area contributed by atoms with Gasteiger partial charge in [-0.05, 0) is 24.4 Å². The fourth-order valence-electron chi connectivity index (χ4n) is 0.986. The SMILES string of the molecule is COc1ccc(F)c(C=NNC(N)=S)c1Cl. The Bertz CT molecular complexity index is 439. The summed E-state index contributed by atoms with van der Waals surface area (Å²) in [5.74, 6) is -0.154. The number of methoxy groups -OCH3 is 1. The molecule has 1 aromatic rings. The summed E-state index contributed by atoms with van der Waals surface area (Å²) >= 11 is 10.4. The number of rotatable bonds is 3. The molecule has 1 rings (SSSR count). The summed E-state index contributed by atoms with van der Waals surface area (Å²) in [5.41, 5.74) is 7.54. The van der Waals surface area contributed by atoms with Gasteiger partial charge in [0.2, 0.25) is 0 Å². The van der Waals surface area contributed by atoms with E-state index in [9.17, 15) is 4.39 Å². The van der Waals surface area contributed by atoms with E-state index in [4.69, 9.17) is 22.1 Å². The highest BCUT2D eigenvalue weighted by Crippen LogP contribution is 2.28. The van der Waals surface area contributed by atoms with E-state index in [0.717, 1.165) is 0 Å². The van der Waals surface area contributed by atoms with Crippen LogP contribution in [0.4, 0.5) is 4.39 Å². The van der Waals surface area contributed by atoms with Crippen molar-refractivity contribution in [1.29, 1.82) is 0 Å². The second-order valence-electron chi connectivity index (χ2n) is 2.71. The molecule has 0 aliphatic carbocycles. The first-order chi connectivity index (χ1) is 7.56. The summed E-state index contributed by atoms with van der Waals surface area (Å²) in [5, 5.41) is 3.73. The van der Waals surface area contributed by atoms with Gasteiger partial charge in [0.25, 0.3) is 0 Å². The number of hydrogen-bond acceptors (Lipinski definition) is 3. The molecular formula is C9H9ClFN3OS. The molecule has 4 nitrogen and oxygen atoms in total. The molecule has 0 heterocycles. The van der Waals surface area contributed by atoms with Crippen LogP contribution in [0.3, 0.4) is 0 Å². The molecule has 16 heavy (non-hydrogen) atoms. The number of ether oxygens (including phenoxy) is 1. The number of thiocarbonyl (C=S) groups is 1. The quantitative estimate of drug-likeness (QED) is 0.494. The van der Waals surface area contributed by atoms with Gasteiger partial charge in [0.05, 0.1) is 23.9 Å². The minimum Gasteiger partial charge on any atom is -0.495 e. The Morgan fingerprint density at radius 1 is 1.69 bits per heavy atom. The molecule has 0 bridgehead atoms. The fourth-order valence-corrected chi connectivity index (χ4v) is 1.32. The van der Waals surface area contributed by atoms with E-state index in [2.05, 4.69) is 22.7 Å². The Hall–Kier alpha value is -1.40. The van der Waals surface area contributed by atoms with E-state index < -0.39 is 5.82 Å². The van der Waals surface area contributed by atoms with Gasteiger partial charge in [-0.2, -0.15) is 5.10 Å². The maximum Gasteiger partial charge on any atom is 0.184 e. The molecule has 0 aliphatic heterocycles. The van der Waals surface area contributed by atoms with Crippen LogP contribution in [0.15, 0.2) is 17.2 Å². The lowest BCUT2D eigenvalue weighted by Gasteiger charge is -2.06. The predicted octanol–water partition coefficient (Wildman–Crippen LogP) is 1.65. The number of hydrazone groups is 1. The molecule has 1 aromatic carbocycles. The molecule has 0 aromatic heterocycles. The van der Waals surface area contributed by atoms with Crippen LogP contribution in [-0.2, 0) is 0 Å². The third-order valence-corrected chi connectivity index (χ3v) is 2.16. The van der Waals surface area contributed by atoms with Crippen LogP contribution in [0.2, 0.25) is 5.02 Å². The van der Waals surface area contributed by atoms with Gasteiger partial charge in [-0.3, -0.25) is 5.43 Å². The molecule has 0 unspecified atom stereocenters. The zero-order chi connectivity index (χ0) is 12.1. The number of nitrogens with zero attached hydrogens (tertiary/aromatic N) is 1. The van der Waals surface area contributed by atoms with Crippen molar-refractivity contribution >= 4 is 35.1 Å². The lowest BCUT2D eigenvalue weighted by Crippen LogP contribution is -2.24. The van der Waals surface area contributed by atoms with Crippen molar-refractivity contribution in [3.8, 4) is 5.75 Å². The number of hydrogen-bond donors (Lipinski definition) is 2. The molecule has 0 aliphatic rings. The van der Waals surface area contributed by atoms with E-state index in [1.165, 1.54) is 25.5 Å². The van der Waals surface area contributed by atoms with Crippen molar-refractivity contribution in [2.75, 3.05) is 7.11 Å². The van der Waals surface area contributed by atoms with E-state index >= 15 is 0 Å². The third kappa shape index (κ3) is 3.04. The van der Waals surface area contributed by atoms with Crippen LogP contribution >= 0.6 is 23.8 Å².